The van der Waals surface area contributed by atoms with Crippen LogP contribution in [0.2, 0.25) is 5.54 Å². The number of esters is 1. The van der Waals surface area contributed by atoms with E-state index in [2.05, 4.69) is 0 Å². The summed E-state index contributed by atoms with van der Waals surface area (Å²) in [6, 6.07) is 0. The first-order chi connectivity index (χ1) is 7.65. The lowest BCUT2D eigenvalue weighted by Gasteiger charge is -2.21. The normalized spacial score (nSPS) is 13.1. The molecule has 0 bridgehead atoms. The molecule has 0 fully saturated rings. The molecule has 17 heavy (non-hydrogen) atoms. The van der Waals surface area contributed by atoms with E-state index < -0.39 is 5.60 Å². The Balaban J connectivity index is 4.06. The summed E-state index contributed by atoms with van der Waals surface area (Å²) in [6.07, 6.45) is 0.249. The standard InChI is InChI=1S/C11H21NO4Si/c1-8(17-10(14)12(5)15-6)7-9(13)16-11(2,3)4/h8H,7H2,1-6H3/t8-/m0/s1. The molecule has 0 unspecified atom stereocenters. The minimum absolute atomic E-state index is 0.00734. The highest BCUT2D eigenvalue weighted by atomic mass is 28.2. The van der Waals surface area contributed by atoms with Gasteiger partial charge in [-0.05, 0) is 26.3 Å². The molecule has 1 amide bonds. The summed E-state index contributed by atoms with van der Waals surface area (Å²) < 4.78 is 5.19. The Labute approximate surface area is 105 Å². The summed E-state index contributed by atoms with van der Waals surface area (Å²) >= 11 is 0. The Morgan fingerprint density at radius 2 is 1.88 bits per heavy atom. The van der Waals surface area contributed by atoms with E-state index in [-0.39, 0.29) is 33.0 Å². The molecule has 0 aliphatic rings. The highest BCUT2D eigenvalue weighted by Crippen LogP contribution is 2.14. The van der Waals surface area contributed by atoms with Gasteiger partial charge in [0.15, 0.2) is 9.52 Å². The number of hydroxylamine groups is 2. The number of carbonyl (C=O) groups excluding carboxylic acids is 2. The van der Waals surface area contributed by atoms with Gasteiger partial charge < -0.3 is 4.74 Å². The number of amides is 1. The van der Waals surface area contributed by atoms with Crippen LogP contribution in [0.1, 0.15) is 34.1 Å². The molecule has 0 aliphatic carbocycles. The predicted octanol–water partition coefficient (Wildman–Crippen LogP) is 1.84. The van der Waals surface area contributed by atoms with Crippen LogP contribution < -0.4 is 0 Å². The van der Waals surface area contributed by atoms with Gasteiger partial charge in [-0.15, -0.1) is 0 Å². The van der Waals surface area contributed by atoms with Gasteiger partial charge in [0.25, 0.3) is 0 Å². The molecular weight excluding hydrogens is 238 g/mol. The van der Waals surface area contributed by atoms with Crippen LogP contribution in [0, 0.1) is 0 Å². The molecule has 0 aromatic rings. The van der Waals surface area contributed by atoms with Crippen LogP contribution in [0.3, 0.4) is 0 Å². The quantitative estimate of drug-likeness (QED) is 0.429. The number of rotatable bonds is 5. The van der Waals surface area contributed by atoms with Gasteiger partial charge in [0.05, 0.1) is 7.11 Å². The van der Waals surface area contributed by atoms with Crippen LogP contribution >= 0.6 is 0 Å². The maximum absolute atomic E-state index is 11.5. The molecule has 6 heteroatoms. The number of ether oxygens (including phenoxy) is 1. The fourth-order valence-electron chi connectivity index (χ4n) is 1.07. The van der Waals surface area contributed by atoms with Crippen LogP contribution in [0.25, 0.3) is 0 Å². The van der Waals surface area contributed by atoms with Crippen molar-refractivity contribution in [2.75, 3.05) is 14.2 Å². The second-order valence-corrected chi connectivity index (χ2v) is 6.52. The van der Waals surface area contributed by atoms with E-state index in [0.29, 0.717) is 0 Å². The largest absolute Gasteiger partial charge is 0.460 e. The lowest BCUT2D eigenvalue weighted by atomic mass is 10.2. The van der Waals surface area contributed by atoms with Crippen molar-refractivity contribution in [3.8, 4) is 0 Å². The minimum atomic E-state index is -0.479. The van der Waals surface area contributed by atoms with Crippen LogP contribution in [0.15, 0.2) is 0 Å². The first-order valence-corrected chi connectivity index (χ1v) is 6.53. The Morgan fingerprint density at radius 1 is 1.35 bits per heavy atom. The molecule has 1 atom stereocenters. The summed E-state index contributed by atoms with van der Waals surface area (Å²) in [4.78, 5) is 27.8. The zero-order chi connectivity index (χ0) is 13.6. The van der Waals surface area contributed by atoms with Crippen LogP contribution in [-0.4, -0.2) is 45.8 Å². The van der Waals surface area contributed by atoms with Gasteiger partial charge in [-0.1, -0.05) is 6.92 Å². The summed E-state index contributed by atoms with van der Waals surface area (Å²) in [5.41, 5.74) is -0.633. The van der Waals surface area contributed by atoms with Crippen molar-refractivity contribution in [2.24, 2.45) is 0 Å². The zero-order valence-corrected chi connectivity index (χ0v) is 12.4. The van der Waals surface area contributed by atoms with E-state index in [0.717, 1.165) is 0 Å². The van der Waals surface area contributed by atoms with Gasteiger partial charge in [-0.2, -0.15) is 0 Å². The fraction of sp³-hybridized carbons (Fsp3) is 0.818. The van der Waals surface area contributed by atoms with Crippen molar-refractivity contribution >= 4 is 21.0 Å². The maximum atomic E-state index is 11.5. The first kappa shape index (κ1) is 16.1. The van der Waals surface area contributed by atoms with Crippen molar-refractivity contribution in [3.63, 3.8) is 0 Å². The third kappa shape index (κ3) is 7.92. The molecule has 0 aromatic carbocycles. The van der Waals surface area contributed by atoms with Crippen LogP contribution in [-0.2, 0) is 14.4 Å². The fourth-order valence-corrected chi connectivity index (χ4v) is 2.03. The van der Waals surface area contributed by atoms with Crippen LogP contribution in [0.5, 0.6) is 0 Å². The Bertz CT molecular complexity index is 275. The maximum Gasteiger partial charge on any atom is 0.306 e. The van der Waals surface area contributed by atoms with Gasteiger partial charge in [0.1, 0.15) is 5.60 Å². The SMILES string of the molecule is CON(C)C(=O)[Si][C@@H](C)CC(=O)OC(C)(C)C. The van der Waals surface area contributed by atoms with E-state index in [9.17, 15) is 9.59 Å². The predicted molar refractivity (Wildman–Crippen MR) is 65.8 cm³/mol. The molecule has 0 N–H and O–H groups in total. The second-order valence-electron chi connectivity index (χ2n) is 4.82. The molecule has 2 radical (unpaired) electrons. The monoisotopic (exact) mass is 259 g/mol. The molecule has 0 saturated heterocycles. The molecule has 0 spiro atoms. The van der Waals surface area contributed by atoms with Crippen LogP contribution in [0.4, 0.5) is 4.79 Å². The number of hydrogen-bond donors (Lipinski definition) is 0. The van der Waals surface area contributed by atoms with E-state index in [1.807, 2.05) is 27.7 Å². The molecule has 0 aliphatic heterocycles. The molecule has 0 saturated carbocycles. The summed E-state index contributed by atoms with van der Waals surface area (Å²) in [5, 5.41) is 1.17. The third-order valence-electron chi connectivity index (χ3n) is 1.82. The molecule has 5 nitrogen and oxygen atoms in total. The average molecular weight is 259 g/mol. The smallest absolute Gasteiger partial charge is 0.306 e. The van der Waals surface area contributed by atoms with E-state index in [1.54, 1.807) is 7.05 Å². The Morgan fingerprint density at radius 3 is 2.29 bits per heavy atom. The lowest BCUT2D eigenvalue weighted by molar-refractivity contribution is -0.154. The number of carbonyl (C=O) groups is 2. The van der Waals surface area contributed by atoms with Gasteiger partial charge >= 0.3 is 5.97 Å². The number of nitrogens with zero attached hydrogens (tertiary/aromatic N) is 1. The van der Waals surface area contributed by atoms with Gasteiger partial charge in [-0.25, -0.2) is 5.06 Å². The van der Waals surface area contributed by atoms with E-state index in [4.69, 9.17) is 9.57 Å². The van der Waals surface area contributed by atoms with Gasteiger partial charge in [0.2, 0.25) is 5.53 Å². The first-order valence-electron chi connectivity index (χ1n) is 5.46. The topological polar surface area (TPSA) is 55.8 Å². The van der Waals surface area contributed by atoms with Crippen molar-refractivity contribution in [3.05, 3.63) is 0 Å². The summed E-state index contributed by atoms with van der Waals surface area (Å²) in [7, 11) is 2.99. The molecule has 0 heterocycles. The second kappa shape index (κ2) is 6.76. The van der Waals surface area contributed by atoms with Gasteiger partial charge in [0, 0.05) is 13.5 Å². The lowest BCUT2D eigenvalue weighted by Crippen LogP contribution is -2.32. The highest BCUT2D eigenvalue weighted by molar-refractivity contribution is 6.74. The minimum Gasteiger partial charge on any atom is -0.460 e. The summed E-state index contributed by atoms with van der Waals surface area (Å²) in [5.74, 6) is -0.273. The Kier molecular flexibility index (Phi) is 6.40. The van der Waals surface area contributed by atoms with E-state index in [1.165, 1.54) is 12.2 Å². The van der Waals surface area contributed by atoms with Crippen molar-refractivity contribution in [2.45, 2.75) is 45.3 Å². The molecular formula is C11H21NO4Si. The molecule has 98 valence electrons. The van der Waals surface area contributed by atoms with Crippen molar-refractivity contribution in [1.29, 1.82) is 0 Å². The number of hydrogen-bond acceptors (Lipinski definition) is 4. The molecule has 0 rings (SSSR count). The highest BCUT2D eigenvalue weighted by Gasteiger charge is 2.21. The summed E-state index contributed by atoms with van der Waals surface area (Å²) in [6.45, 7) is 7.31. The van der Waals surface area contributed by atoms with Gasteiger partial charge in [-0.3, -0.25) is 14.4 Å². The zero-order valence-electron chi connectivity index (χ0n) is 11.4. The van der Waals surface area contributed by atoms with Crippen molar-refractivity contribution in [1.82, 2.24) is 5.06 Å². The van der Waals surface area contributed by atoms with Crippen molar-refractivity contribution < 1.29 is 19.2 Å². The molecule has 0 aromatic heterocycles. The average Bonchev–Trinajstić information content (AvgIpc) is 2.12. The Hall–Kier alpha value is -0.883. The third-order valence-corrected chi connectivity index (χ3v) is 3.08. The van der Waals surface area contributed by atoms with E-state index >= 15 is 0 Å².